The van der Waals surface area contributed by atoms with E-state index in [1.54, 1.807) is 0 Å². The van der Waals surface area contributed by atoms with Crippen molar-refractivity contribution in [2.24, 2.45) is 5.84 Å². The molecule has 0 saturated heterocycles. The molecule has 0 aromatic rings. The molecule has 0 aliphatic heterocycles. The molecule has 0 bridgehead atoms. The molecule has 1 unspecified atom stereocenters. The van der Waals surface area contributed by atoms with Gasteiger partial charge in [-0.1, -0.05) is 0 Å². The Hall–Kier alpha value is -0.890. The number of nitrogens with one attached hydrogen (secondary N) is 1. The lowest BCUT2D eigenvalue weighted by Gasteiger charge is -2.23. The fourth-order valence-corrected chi connectivity index (χ4v) is 0.430. The van der Waals surface area contributed by atoms with Gasteiger partial charge in [-0.3, -0.25) is 10.2 Å². The summed E-state index contributed by atoms with van der Waals surface area (Å²) in [5.41, 5.74) is 1.00. The first-order valence-corrected chi connectivity index (χ1v) is 2.61. The van der Waals surface area contributed by atoms with Crippen LogP contribution < -0.4 is 11.3 Å². The highest BCUT2D eigenvalue weighted by atomic mass is 19.4. The third kappa shape index (κ3) is 1.64. The highest BCUT2D eigenvalue weighted by Gasteiger charge is 2.63. The van der Waals surface area contributed by atoms with Crippen LogP contribution in [-0.4, -0.2) is 25.0 Å². The van der Waals surface area contributed by atoms with Gasteiger partial charge in [0.15, 0.2) is 0 Å². The molecule has 0 aromatic heterocycles. The number of nitrogens with two attached hydrogens (primary N) is 1. The molecule has 72 valence electrons. The Morgan fingerprint density at radius 3 is 1.92 bits per heavy atom. The van der Waals surface area contributed by atoms with Crippen molar-refractivity contribution in [3.05, 3.63) is 0 Å². The van der Waals surface area contributed by atoms with E-state index >= 15 is 0 Å². The molecule has 12 heavy (non-hydrogen) atoms. The normalized spacial score (nSPS) is 16.8. The molecule has 0 saturated carbocycles. The van der Waals surface area contributed by atoms with Crippen LogP contribution in [0.3, 0.4) is 0 Å². The standard InChI is InChI=1S/C4H6F4N2O2/c1-12-3(5,2(11)10-9)4(6,7)8/h9H2,1H3,(H,10,11). The summed E-state index contributed by atoms with van der Waals surface area (Å²) in [4.78, 5) is 10.3. The molecule has 4 nitrogen and oxygen atoms in total. The van der Waals surface area contributed by atoms with E-state index in [0.29, 0.717) is 7.11 Å². The van der Waals surface area contributed by atoms with Crippen LogP contribution in [0.25, 0.3) is 0 Å². The van der Waals surface area contributed by atoms with Crippen molar-refractivity contribution in [3.8, 4) is 0 Å². The average Bonchev–Trinajstić information content (AvgIpc) is 1.99. The number of carbonyl (C=O) groups is 1. The van der Waals surface area contributed by atoms with Crippen molar-refractivity contribution in [2.45, 2.75) is 12.0 Å². The van der Waals surface area contributed by atoms with Crippen molar-refractivity contribution in [2.75, 3.05) is 7.11 Å². The lowest BCUT2D eigenvalue weighted by atomic mass is 10.3. The van der Waals surface area contributed by atoms with Gasteiger partial charge in [0.25, 0.3) is 0 Å². The van der Waals surface area contributed by atoms with Crippen LogP contribution in [0.15, 0.2) is 0 Å². The first kappa shape index (κ1) is 11.1. The van der Waals surface area contributed by atoms with E-state index in [1.165, 1.54) is 0 Å². The molecular weight excluding hydrogens is 184 g/mol. The van der Waals surface area contributed by atoms with Gasteiger partial charge in [-0.2, -0.15) is 17.6 Å². The molecule has 0 spiro atoms. The molecule has 0 aliphatic carbocycles. The highest BCUT2D eigenvalue weighted by molar-refractivity contribution is 5.83. The van der Waals surface area contributed by atoms with Crippen LogP contribution in [0.1, 0.15) is 0 Å². The SMILES string of the molecule is COC(F)(C(=O)NN)C(F)(F)F. The smallest absolute Gasteiger partial charge is 0.335 e. The summed E-state index contributed by atoms with van der Waals surface area (Å²) < 4.78 is 51.1. The summed E-state index contributed by atoms with van der Waals surface area (Å²) >= 11 is 0. The predicted octanol–water partition coefficient (Wildman–Crippen LogP) is -0.149. The summed E-state index contributed by atoms with van der Waals surface area (Å²) in [6.45, 7) is 0. The maximum Gasteiger partial charge on any atom is 0.458 e. The Morgan fingerprint density at radius 2 is 1.83 bits per heavy atom. The van der Waals surface area contributed by atoms with E-state index in [0.717, 1.165) is 5.43 Å². The zero-order valence-electron chi connectivity index (χ0n) is 5.91. The molecule has 1 atom stereocenters. The van der Waals surface area contributed by atoms with E-state index < -0.39 is 17.9 Å². The topological polar surface area (TPSA) is 64.3 Å². The van der Waals surface area contributed by atoms with Gasteiger partial charge in [0.1, 0.15) is 0 Å². The fraction of sp³-hybridized carbons (Fsp3) is 0.750. The van der Waals surface area contributed by atoms with Gasteiger partial charge in [-0.25, -0.2) is 5.84 Å². The van der Waals surface area contributed by atoms with Crippen LogP contribution in [0, 0.1) is 0 Å². The average molecular weight is 190 g/mol. The number of hydrogen-bond acceptors (Lipinski definition) is 3. The number of hydrogen-bond donors (Lipinski definition) is 2. The summed E-state index contributed by atoms with van der Waals surface area (Å²) in [5, 5.41) is 0. The number of alkyl halides is 4. The van der Waals surface area contributed by atoms with Crippen LogP contribution in [-0.2, 0) is 9.53 Å². The molecule has 0 rings (SSSR count). The summed E-state index contributed by atoms with van der Waals surface area (Å²) in [7, 11) is 0.405. The molecule has 0 fully saturated rings. The maximum atomic E-state index is 12.6. The van der Waals surface area contributed by atoms with Crippen LogP contribution >= 0.6 is 0 Å². The minimum Gasteiger partial charge on any atom is -0.335 e. The van der Waals surface area contributed by atoms with Gasteiger partial charge < -0.3 is 4.74 Å². The van der Waals surface area contributed by atoms with E-state index in [-0.39, 0.29) is 0 Å². The Morgan fingerprint density at radius 1 is 1.42 bits per heavy atom. The number of halogens is 4. The minimum atomic E-state index is -5.45. The van der Waals surface area contributed by atoms with Crippen molar-refractivity contribution in [1.82, 2.24) is 5.43 Å². The molecule has 0 aromatic carbocycles. The zero-order chi connectivity index (χ0) is 9.99. The Kier molecular flexibility index (Phi) is 2.99. The summed E-state index contributed by atoms with van der Waals surface area (Å²) in [6, 6.07) is 0. The summed E-state index contributed by atoms with van der Waals surface area (Å²) in [5.74, 6) is -2.18. The molecule has 1 amide bonds. The molecule has 0 heterocycles. The van der Waals surface area contributed by atoms with Gasteiger partial charge in [0.2, 0.25) is 0 Å². The third-order valence-corrected chi connectivity index (χ3v) is 1.07. The number of rotatable bonds is 2. The Labute approximate surface area is 64.6 Å². The third-order valence-electron chi connectivity index (χ3n) is 1.07. The lowest BCUT2D eigenvalue weighted by Crippen LogP contribution is -2.56. The van der Waals surface area contributed by atoms with Gasteiger partial charge in [-0.05, 0) is 0 Å². The second-order valence-electron chi connectivity index (χ2n) is 1.77. The molecule has 3 N–H and O–H groups in total. The largest absolute Gasteiger partial charge is 0.458 e. The Balaban J connectivity index is 4.80. The lowest BCUT2D eigenvalue weighted by molar-refractivity contribution is -0.307. The molecule has 0 aliphatic rings. The monoisotopic (exact) mass is 190 g/mol. The first-order chi connectivity index (χ1) is 5.29. The number of ether oxygens (including phenoxy) is 1. The minimum absolute atomic E-state index is 0.405. The van der Waals surface area contributed by atoms with Crippen LogP contribution in [0.2, 0.25) is 0 Å². The molecule has 8 heteroatoms. The van der Waals surface area contributed by atoms with Gasteiger partial charge in [0, 0.05) is 7.11 Å². The number of methoxy groups -OCH3 is 1. The molecule has 0 radical (unpaired) electrons. The number of amides is 1. The van der Waals surface area contributed by atoms with Crippen LogP contribution in [0.5, 0.6) is 0 Å². The van der Waals surface area contributed by atoms with E-state index in [2.05, 4.69) is 10.6 Å². The number of hydrazine groups is 1. The zero-order valence-corrected chi connectivity index (χ0v) is 5.91. The quantitative estimate of drug-likeness (QED) is 0.275. The molecular formula is C4H6F4N2O2. The second kappa shape index (κ2) is 3.23. The van der Waals surface area contributed by atoms with E-state index in [9.17, 15) is 22.4 Å². The van der Waals surface area contributed by atoms with Gasteiger partial charge >= 0.3 is 17.9 Å². The van der Waals surface area contributed by atoms with E-state index in [4.69, 9.17) is 0 Å². The highest BCUT2D eigenvalue weighted by Crippen LogP contribution is 2.34. The van der Waals surface area contributed by atoms with Crippen LogP contribution in [0.4, 0.5) is 17.6 Å². The first-order valence-electron chi connectivity index (χ1n) is 2.61. The van der Waals surface area contributed by atoms with Crippen molar-refractivity contribution >= 4 is 5.91 Å². The Bertz CT molecular complexity index is 182. The predicted molar refractivity (Wildman–Crippen MR) is 29.2 cm³/mol. The van der Waals surface area contributed by atoms with Gasteiger partial charge in [-0.15, -0.1) is 0 Å². The van der Waals surface area contributed by atoms with Crippen molar-refractivity contribution in [3.63, 3.8) is 0 Å². The fourth-order valence-electron chi connectivity index (χ4n) is 0.430. The van der Waals surface area contributed by atoms with E-state index in [1.807, 2.05) is 0 Å². The second-order valence-corrected chi connectivity index (χ2v) is 1.77. The number of carbonyl (C=O) groups excluding carboxylic acids is 1. The van der Waals surface area contributed by atoms with Gasteiger partial charge in [0.05, 0.1) is 0 Å². The van der Waals surface area contributed by atoms with Crippen molar-refractivity contribution in [1.29, 1.82) is 0 Å². The summed E-state index contributed by atoms with van der Waals surface area (Å²) in [6.07, 6.45) is -5.45. The van der Waals surface area contributed by atoms with Crippen molar-refractivity contribution < 1.29 is 27.1 Å². The maximum absolute atomic E-state index is 12.6.